The minimum absolute atomic E-state index is 0.0424. The number of hydrogen-bond acceptors (Lipinski definition) is 2. The third kappa shape index (κ3) is 2.14. The van der Waals surface area contributed by atoms with Gasteiger partial charge in [-0.05, 0) is 121 Å². The van der Waals surface area contributed by atoms with Gasteiger partial charge < -0.3 is 10.2 Å². The van der Waals surface area contributed by atoms with Gasteiger partial charge in [0.15, 0.2) is 0 Å². The maximum Gasteiger partial charge on any atom is 0.0828 e. The van der Waals surface area contributed by atoms with Gasteiger partial charge in [0.1, 0.15) is 0 Å². The molecule has 0 aromatic carbocycles. The van der Waals surface area contributed by atoms with Crippen molar-refractivity contribution in [2.24, 2.45) is 56.2 Å². The second kappa shape index (κ2) is 5.89. The van der Waals surface area contributed by atoms with Crippen LogP contribution in [0.1, 0.15) is 106 Å². The van der Waals surface area contributed by atoms with E-state index in [0.717, 1.165) is 12.3 Å². The Morgan fingerprint density at radius 3 is 2.12 bits per heavy atom. The molecule has 0 heterocycles. The maximum absolute atomic E-state index is 11.2. The Labute approximate surface area is 196 Å². The van der Waals surface area contributed by atoms with Crippen molar-refractivity contribution in [3.05, 3.63) is 12.2 Å². The third-order valence-corrected chi connectivity index (χ3v) is 14.2. The highest BCUT2D eigenvalue weighted by molar-refractivity contribution is 5.35. The summed E-state index contributed by atoms with van der Waals surface area (Å²) in [7, 11) is 0. The van der Waals surface area contributed by atoms with E-state index in [1.165, 1.54) is 51.4 Å². The number of allylic oxidation sites excluding steroid dienone is 1. The van der Waals surface area contributed by atoms with Gasteiger partial charge in [0.05, 0.1) is 11.7 Å². The van der Waals surface area contributed by atoms with E-state index in [2.05, 4.69) is 53.7 Å². The van der Waals surface area contributed by atoms with Crippen molar-refractivity contribution in [3.8, 4) is 0 Å². The molecule has 0 bridgehead atoms. The quantitative estimate of drug-likeness (QED) is 0.409. The molecule has 6 aliphatic rings. The lowest BCUT2D eigenvalue weighted by molar-refractivity contribution is -0.214. The molecule has 6 aliphatic carbocycles. The van der Waals surface area contributed by atoms with Crippen molar-refractivity contribution in [2.75, 3.05) is 0 Å². The minimum Gasteiger partial charge on any atom is -0.393 e. The van der Waals surface area contributed by atoms with E-state index in [1.54, 1.807) is 0 Å². The van der Waals surface area contributed by atoms with Crippen LogP contribution in [-0.2, 0) is 0 Å². The summed E-state index contributed by atoms with van der Waals surface area (Å²) in [6.07, 6.45) is 16.1. The van der Waals surface area contributed by atoms with E-state index in [0.29, 0.717) is 39.4 Å². The van der Waals surface area contributed by atoms with E-state index < -0.39 is 5.60 Å². The van der Waals surface area contributed by atoms with Crippen LogP contribution >= 0.6 is 0 Å². The van der Waals surface area contributed by atoms with E-state index in [1.807, 2.05) is 6.92 Å². The van der Waals surface area contributed by atoms with Gasteiger partial charge in [-0.1, -0.05) is 53.7 Å². The number of aliphatic hydroxyl groups is 2. The van der Waals surface area contributed by atoms with Crippen molar-refractivity contribution in [2.45, 2.75) is 118 Å². The van der Waals surface area contributed by atoms with Gasteiger partial charge in [0, 0.05) is 0 Å². The first-order valence-corrected chi connectivity index (χ1v) is 13.8. The van der Waals surface area contributed by atoms with Crippen LogP contribution in [0.15, 0.2) is 12.2 Å². The normalized spacial score (nSPS) is 64.5. The van der Waals surface area contributed by atoms with Crippen LogP contribution in [0.2, 0.25) is 0 Å². The van der Waals surface area contributed by atoms with Crippen molar-refractivity contribution >= 4 is 0 Å². The number of aliphatic hydroxyl groups excluding tert-OH is 1. The van der Waals surface area contributed by atoms with Gasteiger partial charge in [-0.3, -0.25) is 0 Å². The lowest BCUT2D eigenvalue weighted by atomic mass is 9.35. The number of rotatable bonds is 0. The molecule has 5 saturated carbocycles. The molecule has 11 atom stereocenters. The highest BCUT2D eigenvalue weighted by Gasteiger charge is 2.85. The van der Waals surface area contributed by atoms with Crippen LogP contribution in [0.4, 0.5) is 0 Å². The fourth-order valence-corrected chi connectivity index (χ4v) is 12.1. The van der Waals surface area contributed by atoms with Crippen LogP contribution < -0.4 is 0 Å². The Morgan fingerprint density at radius 2 is 1.41 bits per heavy atom. The molecule has 2 N–H and O–H groups in total. The summed E-state index contributed by atoms with van der Waals surface area (Å²) in [6.45, 7) is 17.0. The standard InChI is InChI=1S/C30H48O2/c1-19-23-20-8-12-30-18-29(30,13-9-21-24(2,3)22(31)10-11-27(21,30)6)26(20,5)16-14-25(23,4)15-17-28(19,7)32/h15,17,19-23,31-32H,8-14,16,18H2,1-7H3/t19-,20-,21+,22+,23+,25+,26-,27+,28+,29-,30-/m1/s1. The SMILES string of the molecule is C[C@@H]1[C@H]2[C@H]3CC[C@]45C[C@]4(CC[C@H]4C(C)(C)[C@@H](O)CC[C@@]45C)[C@]3(C)CC[C@@]2(C)C=C[C@]1(C)O. The summed E-state index contributed by atoms with van der Waals surface area (Å²) in [5.41, 5.74) is 1.39. The van der Waals surface area contributed by atoms with Gasteiger partial charge in [-0.2, -0.15) is 0 Å². The molecule has 0 unspecified atom stereocenters. The van der Waals surface area contributed by atoms with Crippen LogP contribution in [-0.4, -0.2) is 21.9 Å². The van der Waals surface area contributed by atoms with E-state index in [-0.39, 0.29) is 16.9 Å². The summed E-state index contributed by atoms with van der Waals surface area (Å²) in [5, 5.41) is 22.2. The lowest BCUT2D eigenvalue weighted by Crippen LogP contribution is -2.64. The molecule has 0 aromatic heterocycles. The first kappa shape index (κ1) is 22.1. The molecule has 2 heteroatoms. The Morgan fingerprint density at radius 1 is 0.750 bits per heavy atom. The lowest BCUT2D eigenvalue weighted by Gasteiger charge is -2.69. The van der Waals surface area contributed by atoms with E-state index >= 15 is 0 Å². The summed E-state index contributed by atoms with van der Waals surface area (Å²) < 4.78 is 0. The zero-order valence-corrected chi connectivity index (χ0v) is 21.8. The largest absolute Gasteiger partial charge is 0.393 e. The Bertz CT molecular complexity index is 872. The van der Waals surface area contributed by atoms with Crippen molar-refractivity contribution < 1.29 is 10.2 Å². The van der Waals surface area contributed by atoms with Crippen LogP contribution in [0, 0.1) is 56.2 Å². The van der Waals surface area contributed by atoms with Crippen molar-refractivity contribution in [1.82, 2.24) is 0 Å². The number of fused-ring (bicyclic) bond motifs is 4. The average molecular weight is 441 g/mol. The summed E-state index contributed by atoms with van der Waals surface area (Å²) in [6, 6.07) is 0. The molecule has 32 heavy (non-hydrogen) atoms. The molecule has 0 saturated heterocycles. The first-order valence-electron chi connectivity index (χ1n) is 13.8. The van der Waals surface area contributed by atoms with Crippen LogP contribution in [0.3, 0.4) is 0 Å². The van der Waals surface area contributed by atoms with Gasteiger partial charge in [0.2, 0.25) is 0 Å². The molecular weight excluding hydrogens is 392 g/mol. The fourth-order valence-electron chi connectivity index (χ4n) is 12.1. The molecule has 0 spiro atoms. The van der Waals surface area contributed by atoms with Crippen molar-refractivity contribution in [1.29, 1.82) is 0 Å². The molecule has 5 fully saturated rings. The highest BCUT2D eigenvalue weighted by Crippen LogP contribution is 2.92. The summed E-state index contributed by atoms with van der Waals surface area (Å²) >= 11 is 0. The van der Waals surface area contributed by atoms with Gasteiger partial charge in [-0.15, -0.1) is 0 Å². The van der Waals surface area contributed by atoms with Gasteiger partial charge in [-0.25, -0.2) is 0 Å². The average Bonchev–Trinajstić information content (AvgIpc) is 3.43. The Kier molecular flexibility index (Phi) is 4.08. The highest BCUT2D eigenvalue weighted by atomic mass is 16.3. The second-order valence-electron chi connectivity index (χ2n) is 15.2. The molecule has 2 nitrogen and oxygen atoms in total. The molecule has 180 valence electrons. The fraction of sp³-hybridized carbons (Fsp3) is 0.933. The Balaban J connectivity index is 1.42. The molecule has 0 amide bonds. The smallest absolute Gasteiger partial charge is 0.0828 e. The van der Waals surface area contributed by atoms with Crippen molar-refractivity contribution in [3.63, 3.8) is 0 Å². The van der Waals surface area contributed by atoms with E-state index in [4.69, 9.17) is 0 Å². The molecular formula is C30H48O2. The van der Waals surface area contributed by atoms with Crippen LogP contribution in [0.25, 0.3) is 0 Å². The van der Waals surface area contributed by atoms with Gasteiger partial charge in [0.25, 0.3) is 0 Å². The maximum atomic E-state index is 11.2. The summed E-state index contributed by atoms with van der Waals surface area (Å²) in [5.74, 6) is 2.29. The number of hydrogen-bond donors (Lipinski definition) is 2. The Hall–Kier alpha value is -0.340. The van der Waals surface area contributed by atoms with Gasteiger partial charge >= 0.3 is 0 Å². The monoisotopic (exact) mass is 440 g/mol. The third-order valence-electron chi connectivity index (χ3n) is 14.2. The second-order valence-corrected chi connectivity index (χ2v) is 15.2. The molecule has 6 rings (SSSR count). The first-order chi connectivity index (χ1) is 14.7. The topological polar surface area (TPSA) is 40.5 Å². The molecule has 0 aromatic rings. The zero-order chi connectivity index (χ0) is 23.2. The zero-order valence-electron chi connectivity index (χ0n) is 21.8. The van der Waals surface area contributed by atoms with E-state index in [9.17, 15) is 10.2 Å². The predicted octanol–water partition coefficient (Wildman–Crippen LogP) is 6.75. The predicted molar refractivity (Wildman–Crippen MR) is 130 cm³/mol. The molecule has 0 radical (unpaired) electrons. The summed E-state index contributed by atoms with van der Waals surface area (Å²) in [4.78, 5) is 0. The minimum atomic E-state index is -0.675. The van der Waals surface area contributed by atoms with Crippen LogP contribution in [0.5, 0.6) is 0 Å². The molecule has 0 aliphatic heterocycles.